The van der Waals surface area contributed by atoms with Crippen LogP contribution in [0.4, 0.5) is 0 Å². The fourth-order valence-electron chi connectivity index (χ4n) is 1.51. The number of aryl methyl sites for hydroxylation is 1. The number of carbonyl (C=O) groups is 1. The second-order valence-electron chi connectivity index (χ2n) is 3.41. The van der Waals surface area contributed by atoms with Gasteiger partial charge in [0.25, 0.3) is 0 Å². The highest BCUT2D eigenvalue weighted by atomic mass is 16.5. The second kappa shape index (κ2) is 4.28. The van der Waals surface area contributed by atoms with Crippen molar-refractivity contribution in [3.63, 3.8) is 0 Å². The zero-order chi connectivity index (χ0) is 19.6. The summed E-state index contributed by atoms with van der Waals surface area (Å²) < 4.78 is 76.5. The summed E-state index contributed by atoms with van der Waals surface area (Å²) in [5.74, 6) is -5.60. The maximum atomic E-state index is 12.0. The van der Waals surface area contributed by atoms with Crippen LogP contribution in [-0.2, 0) is 22.9 Å². The Morgan fingerprint density at radius 2 is 2.75 bits per heavy atom. The number of esters is 1. The number of ether oxygens (including phenoxy) is 1. The summed E-state index contributed by atoms with van der Waals surface area (Å²) in [5, 5.41) is 0. The lowest BCUT2D eigenvalue weighted by Crippen LogP contribution is -2.18. The summed E-state index contributed by atoms with van der Waals surface area (Å²) in [6.07, 6.45) is -5.82. The fourth-order valence-corrected chi connectivity index (χ4v) is 1.51. The summed E-state index contributed by atoms with van der Waals surface area (Å²) in [7, 11) is 0. The molecule has 2 heterocycles. The molecule has 0 N–H and O–H groups in total. The summed E-state index contributed by atoms with van der Waals surface area (Å²) in [4.78, 5) is 15.7. The smallest absolute Gasteiger partial charge is 0.309 e. The van der Waals surface area contributed by atoms with Crippen LogP contribution in [0.5, 0.6) is 0 Å². The standard InChI is InChI=1S/C12H18N2O2/c1-4-11-9(7-16-12(11)15)5-10-6-13-8(2)14(10)3/h6,9,11H,4-5,7H2,1-3H3/t9-,11-/m0/s1/i3D3,4D2,5D2,6D,11D. The zero-order valence-corrected chi connectivity index (χ0v) is 9.00. The number of hydrogen-bond acceptors (Lipinski definition) is 3. The molecule has 0 spiro atoms. The van der Waals surface area contributed by atoms with Crippen LogP contribution in [0, 0.1) is 18.7 Å². The maximum Gasteiger partial charge on any atom is 0.309 e. The minimum atomic E-state index is -2.83. The van der Waals surface area contributed by atoms with Crippen molar-refractivity contribution in [2.45, 2.75) is 26.6 Å². The molecule has 1 aliphatic heterocycles. The molecule has 16 heavy (non-hydrogen) atoms. The highest BCUT2D eigenvalue weighted by molar-refractivity contribution is 5.74. The molecule has 0 unspecified atom stereocenters. The van der Waals surface area contributed by atoms with E-state index in [2.05, 4.69) is 4.98 Å². The van der Waals surface area contributed by atoms with Gasteiger partial charge in [-0.2, -0.15) is 0 Å². The minimum Gasteiger partial charge on any atom is -0.465 e. The van der Waals surface area contributed by atoms with Gasteiger partial charge >= 0.3 is 5.97 Å². The second-order valence-corrected chi connectivity index (χ2v) is 3.41. The van der Waals surface area contributed by atoms with Gasteiger partial charge in [-0.1, -0.05) is 6.92 Å². The molecular weight excluding hydrogens is 204 g/mol. The van der Waals surface area contributed by atoms with Crippen LogP contribution < -0.4 is 0 Å². The lowest BCUT2D eigenvalue weighted by Gasteiger charge is -2.13. The third-order valence-electron chi connectivity index (χ3n) is 2.40. The Morgan fingerprint density at radius 3 is 3.44 bits per heavy atom. The quantitative estimate of drug-likeness (QED) is 0.740. The van der Waals surface area contributed by atoms with Gasteiger partial charge in [-0.25, -0.2) is 4.98 Å². The maximum absolute atomic E-state index is 12.0. The van der Waals surface area contributed by atoms with Crippen molar-refractivity contribution in [3.05, 3.63) is 17.7 Å². The predicted octanol–water partition coefficient (Wildman–Crippen LogP) is 1.47. The normalized spacial score (nSPS) is 40.2. The van der Waals surface area contributed by atoms with E-state index < -0.39 is 56.0 Å². The SMILES string of the molecule is [2H]c1nc(C)n(C([2H])([2H])[2H])c1C([2H])([2H])[C@H]1COC(=O)[C@@]1([2H])C([2H])([2H])C. The fraction of sp³-hybridized carbons (Fsp3) is 0.667. The molecule has 1 saturated heterocycles. The molecule has 1 aromatic heterocycles. The first-order valence-corrected chi connectivity index (χ1v) is 4.80. The van der Waals surface area contributed by atoms with E-state index in [1.54, 1.807) is 0 Å². The molecule has 2 rings (SSSR count). The first-order valence-electron chi connectivity index (χ1n) is 9.30. The molecule has 0 saturated carbocycles. The Morgan fingerprint density at radius 1 is 1.94 bits per heavy atom. The molecule has 0 radical (unpaired) electrons. The van der Waals surface area contributed by atoms with E-state index in [1.165, 1.54) is 6.92 Å². The Balaban J connectivity index is 2.70. The van der Waals surface area contributed by atoms with E-state index in [9.17, 15) is 4.79 Å². The molecule has 1 fully saturated rings. The van der Waals surface area contributed by atoms with Gasteiger partial charge in [-0.05, 0) is 19.7 Å². The molecule has 2 atom stereocenters. The molecule has 88 valence electrons. The van der Waals surface area contributed by atoms with Crippen LogP contribution >= 0.6 is 0 Å². The van der Waals surface area contributed by atoms with Crippen molar-refractivity contribution in [2.24, 2.45) is 18.8 Å². The van der Waals surface area contributed by atoms with E-state index in [1.807, 2.05) is 0 Å². The van der Waals surface area contributed by atoms with Gasteiger partial charge in [0.1, 0.15) is 5.82 Å². The summed E-state index contributed by atoms with van der Waals surface area (Å²) in [5.41, 5.74) is -0.630. The topological polar surface area (TPSA) is 44.1 Å². The average Bonchev–Trinajstić information content (AvgIpc) is 2.87. The number of imidazole rings is 1. The predicted molar refractivity (Wildman–Crippen MR) is 59.9 cm³/mol. The molecule has 1 aliphatic rings. The third-order valence-corrected chi connectivity index (χ3v) is 2.40. The molecule has 0 amide bonds. The Kier molecular flexibility index (Phi) is 1.21. The van der Waals surface area contributed by atoms with Crippen LogP contribution in [0.2, 0.25) is 0 Å². The van der Waals surface area contributed by atoms with Gasteiger partial charge in [0.15, 0.2) is 0 Å². The van der Waals surface area contributed by atoms with Crippen molar-refractivity contribution in [1.82, 2.24) is 9.55 Å². The van der Waals surface area contributed by atoms with Crippen LogP contribution in [0.3, 0.4) is 0 Å². The van der Waals surface area contributed by atoms with Crippen molar-refractivity contribution < 1.29 is 21.9 Å². The number of aromatic nitrogens is 2. The summed E-state index contributed by atoms with van der Waals surface area (Å²) in [6, 6.07) is 0. The Hall–Kier alpha value is -1.32. The molecular formula is C12H18N2O2. The number of hydrogen-bond donors (Lipinski definition) is 0. The first-order chi connectivity index (χ1) is 11.1. The monoisotopic (exact) mass is 231 g/mol. The van der Waals surface area contributed by atoms with Crippen molar-refractivity contribution >= 4 is 5.97 Å². The minimum absolute atomic E-state index is 0.121. The van der Waals surface area contributed by atoms with Gasteiger partial charge in [-0.15, -0.1) is 0 Å². The van der Waals surface area contributed by atoms with Crippen LogP contribution in [-0.4, -0.2) is 22.1 Å². The van der Waals surface area contributed by atoms with E-state index >= 15 is 0 Å². The van der Waals surface area contributed by atoms with Gasteiger partial charge in [-0.3, -0.25) is 4.79 Å². The van der Waals surface area contributed by atoms with Crippen LogP contribution in [0.25, 0.3) is 0 Å². The zero-order valence-electron chi connectivity index (χ0n) is 18.0. The lowest BCUT2D eigenvalue weighted by atomic mass is 9.89. The van der Waals surface area contributed by atoms with Crippen molar-refractivity contribution in [1.29, 1.82) is 0 Å². The molecule has 0 bridgehead atoms. The van der Waals surface area contributed by atoms with Crippen LogP contribution in [0.15, 0.2) is 6.17 Å². The molecule has 1 aromatic rings. The van der Waals surface area contributed by atoms with Crippen molar-refractivity contribution in [3.8, 4) is 0 Å². The van der Waals surface area contributed by atoms with E-state index in [0.29, 0.717) is 4.57 Å². The van der Waals surface area contributed by atoms with E-state index in [-0.39, 0.29) is 5.82 Å². The molecule has 0 aromatic carbocycles. The number of cyclic esters (lactones) is 1. The Labute approximate surface area is 108 Å². The first kappa shape index (κ1) is 4.51. The lowest BCUT2D eigenvalue weighted by molar-refractivity contribution is -0.141. The highest BCUT2D eigenvalue weighted by Crippen LogP contribution is 2.28. The van der Waals surface area contributed by atoms with Crippen molar-refractivity contribution in [2.75, 3.05) is 6.61 Å². The largest absolute Gasteiger partial charge is 0.465 e. The number of carbonyl (C=O) groups excluding carboxylic acids is 1. The number of rotatable bonds is 3. The van der Waals surface area contributed by atoms with E-state index in [4.69, 9.17) is 17.1 Å². The Bertz CT molecular complexity index is 707. The van der Waals surface area contributed by atoms with Gasteiger partial charge in [0, 0.05) is 35.7 Å². The summed E-state index contributed by atoms with van der Waals surface area (Å²) >= 11 is 0. The van der Waals surface area contributed by atoms with Gasteiger partial charge in [0.2, 0.25) is 0 Å². The van der Waals surface area contributed by atoms with Gasteiger partial charge in [0.05, 0.1) is 13.9 Å². The average molecular weight is 231 g/mol. The highest BCUT2D eigenvalue weighted by Gasteiger charge is 2.35. The molecule has 4 heteroatoms. The molecule has 4 nitrogen and oxygen atoms in total. The third kappa shape index (κ3) is 1.84. The van der Waals surface area contributed by atoms with Crippen LogP contribution in [0.1, 0.15) is 37.2 Å². The van der Waals surface area contributed by atoms with E-state index in [0.717, 1.165) is 6.92 Å². The molecule has 0 aliphatic carbocycles. The van der Waals surface area contributed by atoms with Gasteiger partial charge < -0.3 is 9.30 Å². The number of nitrogens with zero attached hydrogens (tertiary/aromatic N) is 2. The summed E-state index contributed by atoms with van der Waals surface area (Å²) in [6.45, 7) is -1.18.